The number of nitrogens with two attached hydrogens (primary N) is 1. The molecule has 0 bridgehead atoms. The van der Waals surface area contributed by atoms with Crippen LogP contribution in [0.2, 0.25) is 0 Å². The molecule has 0 aliphatic rings. The Labute approximate surface area is 147 Å². The average Bonchev–Trinajstić information content (AvgIpc) is 3.00. The molecule has 7 heteroatoms. The van der Waals surface area contributed by atoms with E-state index in [0.717, 1.165) is 11.1 Å². The molecule has 0 saturated carbocycles. The number of hydrogen-bond donors (Lipinski definition) is 3. The predicted octanol–water partition coefficient (Wildman–Crippen LogP) is 2.02. The van der Waals surface area contributed by atoms with E-state index < -0.39 is 0 Å². The zero-order chi connectivity index (χ0) is 16.7. The molecular weight excluding hydrogens is 330 g/mol. The smallest absolute Gasteiger partial charge is 0.287 e. The zero-order valence-electron chi connectivity index (χ0n) is 13.5. The van der Waals surface area contributed by atoms with Gasteiger partial charge in [-0.3, -0.25) is 9.59 Å². The van der Waals surface area contributed by atoms with Crippen LogP contribution < -0.4 is 16.4 Å². The Morgan fingerprint density at radius 3 is 2.21 bits per heavy atom. The molecule has 0 saturated heterocycles. The number of carbonyl (C=O) groups is 2. The molecule has 0 fully saturated rings. The van der Waals surface area contributed by atoms with E-state index in [9.17, 15) is 9.59 Å². The molecule has 1 aromatic carbocycles. The van der Waals surface area contributed by atoms with E-state index >= 15 is 0 Å². The topological polar surface area (TPSA) is 97.4 Å². The number of hydrogen-bond acceptors (Lipinski definition) is 4. The molecule has 0 unspecified atom stereocenters. The van der Waals surface area contributed by atoms with Crippen molar-refractivity contribution in [3.8, 4) is 0 Å². The maximum atomic E-state index is 11.9. The summed E-state index contributed by atoms with van der Waals surface area (Å²) < 4.78 is 5.11. The second-order valence-electron chi connectivity index (χ2n) is 5.20. The number of furan rings is 1. The van der Waals surface area contributed by atoms with Gasteiger partial charge in [-0.25, -0.2) is 0 Å². The summed E-state index contributed by atoms with van der Waals surface area (Å²) in [6.07, 6.45) is 2.12. The van der Waals surface area contributed by atoms with Gasteiger partial charge in [-0.1, -0.05) is 12.1 Å². The minimum absolute atomic E-state index is 0. The third-order valence-electron chi connectivity index (χ3n) is 3.44. The summed E-state index contributed by atoms with van der Waals surface area (Å²) >= 11 is 0. The summed E-state index contributed by atoms with van der Waals surface area (Å²) in [5, 5.41) is 5.57. The van der Waals surface area contributed by atoms with Gasteiger partial charge in [0.15, 0.2) is 5.76 Å². The fourth-order valence-corrected chi connectivity index (χ4v) is 2.07. The quantitative estimate of drug-likeness (QED) is 0.665. The molecule has 0 aliphatic heterocycles. The van der Waals surface area contributed by atoms with Crippen LogP contribution in [0.15, 0.2) is 41.0 Å². The molecular formula is C17H22ClN3O3. The van der Waals surface area contributed by atoms with E-state index in [-0.39, 0.29) is 24.2 Å². The van der Waals surface area contributed by atoms with Gasteiger partial charge in [-0.05, 0) is 37.1 Å². The fourth-order valence-electron chi connectivity index (χ4n) is 2.07. The number of nitrogens with one attached hydrogen (secondary N) is 2. The van der Waals surface area contributed by atoms with Gasteiger partial charge in [0.1, 0.15) is 0 Å². The van der Waals surface area contributed by atoms with Crippen molar-refractivity contribution in [3.05, 3.63) is 59.0 Å². The first-order valence-electron chi connectivity index (χ1n) is 7.51. The maximum absolute atomic E-state index is 11.9. The number of carbonyl (C=O) groups excluding carboxylic acids is 2. The molecule has 2 rings (SSSR count). The van der Waals surface area contributed by atoms with Gasteiger partial charge in [0, 0.05) is 30.8 Å². The highest BCUT2D eigenvalue weighted by Crippen LogP contribution is 2.08. The highest BCUT2D eigenvalue weighted by atomic mass is 35.5. The van der Waals surface area contributed by atoms with Crippen molar-refractivity contribution in [2.75, 3.05) is 13.1 Å². The zero-order valence-corrected chi connectivity index (χ0v) is 14.3. The van der Waals surface area contributed by atoms with Crippen LogP contribution in [-0.2, 0) is 6.54 Å². The van der Waals surface area contributed by atoms with E-state index in [1.54, 1.807) is 18.2 Å². The highest BCUT2D eigenvalue weighted by Gasteiger charge is 2.11. The van der Waals surface area contributed by atoms with Gasteiger partial charge in [0.2, 0.25) is 0 Å². The van der Waals surface area contributed by atoms with Crippen molar-refractivity contribution >= 4 is 24.2 Å². The molecule has 0 radical (unpaired) electrons. The second-order valence-corrected chi connectivity index (χ2v) is 5.20. The predicted molar refractivity (Wildman–Crippen MR) is 94.3 cm³/mol. The first-order chi connectivity index (χ1) is 11.1. The number of halogens is 1. The van der Waals surface area contributed by atoms with Crippen LogP contribution >= 0.6 is 12.4 Å². The fraction of sp³-hybridized carbons (Fsp3) is 0.294. The number of benzene rings is 1. The standard InChI is InChI=1S/C17H21N3O3.ClH/c1-12-7-10-23-15(12)17(22)20-9-2-8-19-16(21)14-5-3-13(11-18)4-6-14;/h3-7,10H,2,8-9,11,18H2,1H3,(H,19,21)(H,20,22);1H. The normalized spacial score (nSPS) is 9.92. The van der Waals surface area contributed by atoms with Crippen LogP contribution in [0.3, 0.4) is 0 Å². The molecule has 6 nitrogen and oxygen atoms in total. The summed E-state index contributed by atoms with van der Waals surface area (Å²) in [5.74, 6) is -0.0491. The summed E-state index contributed by atoms with van der Waals surface area (Å²) in [5.41, 5.74) is 7.90. The minimum atomic E-state index is -0.240. The van der Waals surface area contributed by atoms with Crippen molar-refractivity contribution in [1.82, 2.24) is 10.6 Å². The molecule has 2 amide bonds. The van der Waals surface area contributed by atoms with Gasteiger partial charge in [-0.15, -0.1) is 12.4 Å². The van der Waals surface area contributed by atoms with Crippen LogP contribution in [-0.4, -0.2) is 24.9 Å². The Bertz CT molecular complexity index is 668. The Morgan fingerprint density at radius 1 is 1.04 bits per heavy atom. The molecule has 0 aliphatic carbocycles. The highest BCUT2D eigenvalue weighted by molar-refractivity contribution is 5.94. The first kappa shape index (κ1) is 19.7. The van der Waals surface area contributed by atoms with E-state index in [4.69, 9.17) is 10.2 Å². The summed E-state index contributed by atoms with van der Waals surface area (Å²) in [6, 6.07) is 8.91. The average molecular weight is 352 g/mol. The van der Waals surface area contributed by atoms with E-state index in [0.29, 0.717) is 37.4 Å². The second kappa shape index (κ2) is 9.75. The number of amides is 2. The van der Waals surface area contributed by atoms with Gasteiger partial charge in [-0.2, -0.15) is 0 Å². The SMILES string of the molecule is Cc1ccoc1C(=O)NCCCNC(=O)c1ccc(CN)cc1.Cl. The van der Waals surface area contributed by atoms with Gasteiger partial charge < -0.3 is 20.8 Å². The molecule has 130 valence electrons. The lowest BCUT2D eigenvalue weighted by molar-refractivity contribution is 0.0924. The van der Waals surface area contributed by atoms with Crippen LogP contribution in [0.25, 0.3) is 0 Å². The van der Waals surface area contributed by atoms with Crippen molar-refractivity contribution in [2.45, 2.75) is 19.9 Å². The Balaban J connectivity index is 0.00000288. The molecule has 1 aromatic heterocycles. The Morgan fingerprint density at radius 2 is 1.67 bits per heavy atom. The van der Waals surface area contributed by atoms with Crippen LogP contribution in [0.5, 0.6) is 0 Å². The summed E-state index contributed by atoms with van der Waals surface area (Å²) in [4.78, 5) is 23.7. The van der Waals surface area contributed by atoms with E-state index in [2.05, 4.69) is 10.6 Å². The molecule has 0 spiro atoms. The van der Waals surface area contributed by atoms with Gasteiger partial charge >= 0.3 is 0 Å². The molecule has 24 heavy (non-hydrogen) atoms. The Kier molecular flexibility index (Phi) is 8.01. The van der Waals surface area contributed by atoms with Crippen molar-refractivity contribution in [2.24, 2.45) is 5.73 Å². The molecule has 0 atom stereocenters. The van der Waals surface area contributed by atoms with E-state index in [1.165, 1.54) is 6.26 Å². The molecule has 2 aromatic rings. The van der Waals surface area contributed by atoms with Crippen molar-refractivity contribution < 1.29 is 14.0 Å². The van der Waals surface area contributed by atoms with E-state index in [1.807, 2.05) is 19.1 Å². The van der Waals surface area contributed by atoms with Crippen molar-refractivity contribution in [1.29, 1.82) is 0 Å². The lowest BCUT2D eigenvalue weighted by Crippen LogP contribution is -2.30. The minimum Gasteiger partial charge on any atom is -0.459 e. The lowest BCUT2D eigenvalue weighted by atomic mass is 10.1. The Hall–Kier alpha value is -2.31. The number of aryl methyl sites for hydroxylation is 1. The van der Waals surface area contributed by atoms with Crippen LogP contribution in [0, 0.1) is 6.92 Å². The summed E-state index contributed by atoms with van der Waals surface area (Å²) in [6.45, 7) is 3.21. The molecule has 1 heterocycles. The first-order valence-corrected chi connectivity index (χ1v) is 7.51. The van der Waals surface area contributed by atoms with Crippen LogP contribution in [0.4, 0.5) is 0 Å². The lowest BCUT2D eigenvalue weighted by Gasteiger charge is -2.07. The van der Waals surface area contributed by atoms with Crippen LogP contribution in [0.1, 0.15) is 38.5 Å². The molecule has 4 N–H and O–H groups in total. The van der Waals surface area contributed by atoms with Gasteiger partial charge in [0.05, 0.1) is 6.26 Å². The number of rotatable bonds is 7. The maximum Gasteiger partial charge on any atom is 0.287 e. The van der Waals surface area contributed by atoms with Crippen molar-refractivity contribution in [3.63, 3.8) is 0 Å². The summed E-state index contributed by atoms with van der Waals surface area (Å²) in [7, 11) is 0. The largest absolute Gasteiger partial charge is 0.459 e. The third-order valence-corrected chi connectivity index (χ3v) is 3.44. The van der Waals surface area contributed by atoms with Gasteiger partial charge in [0.25, 0.3) is 11.8 Å². The monoisotopic (exact) mass is 351 g/mol. The third kappa shape index (κ3) is 5.40.